The third kappa shape index (κ3) is 4.63. The maximum absolute atomic E-state index is 13.0. The van der Waals surface area contributed by atoms with Crippen LogP contribution in [-0.2, 0) is 11.3 Å². The Hall–Kier alpha value is -2.28. The fourth-order valence-corrected chi connectivity index (χ4v) is 3.25. The number of piperidine rings is 1. The quantitative estimate of drug-likeness (QED) is 0.901. The maximum atomic E-state index is 13.0. The predicted molar refractivity (Wildman–Crippen MR) is 92.4 cm³/mol. The first kappa shape index (κ1) is 17.5. The monoisotopic (exact) mass is 345 g/mol. The molecule has 1 aliphatic rings. The summed E-state index contributed by atoms with van der Waals surface area (Å²) in [4.78, 5) is 20.9. The van der Waals surface area contributed by atoms with Gasteiger partial charge < -0.3 is 4.90 Å². The van der Waals surface area contributed by atoms with Crippen LogP contribution >= 0.6 is 0 Å². The van der Waals surface area contributed by atoms with E-state index < -0.39 is 0 Å². The minimum Gasteiger partial charge on any atom is -0.341 e. The van der Waals surface area contributed by atoms with Crippen LogP contribution < -0.4 is 0 Å². The van der Waals surface area contributed by atoms with Crippen molar-refractivity contribution >= 4 is 5.91 Å². The number of rotatable bonds is 5. The zero-order chi connectivity index (χ0) is 17.8. The van der Waals surface area contributed by atoms with E-state index in [0.29, 0.717) is 19.6 Å². The van der Waals surface area contributed by atoms with Crippen LogP contribution in [0.1, 0.15) is 36.0 Å². The molecule has 1 aromatic carbocycles. The smallest absolute Gasteiger partial charge is 0.236 e. The lowest BCUT2D eigenvalue weighted by atomic mass is 9.97. The van der Waals surface area contributed by atoms with Crippen LogP contribution in [0.3, 0.4) is 0 Å². The Morgan fingerprint density at radius 1 is 1.40 bits per heavy atom. The second kappa shape index (κ2) is 7.74. The van der Waals surface area contributed by atoms with Crippen LogP contribution in [0.5, 0.6) is 0 Å². The summed E-state index contributed by atoms with van der Waals surface area (Å²) < 4.78 is 13.0. The number of likely N-dealkylation sites (tertiary alicyclic amines) is 1. The summed E-state index contributed by atoms with van der Waals surface area (Å²) in [5.41, 5.74) is 0.990. The van der Waals surface area contributed by atoms with Crippen molar-refractivity contribution in [2.45, 2.75) is 32.2 Å². The third-order valence-electron chi connectivity index (χ3n) is 4.52. The summed E-state index contributed by atoms with van der Waals surface area (Å²) >= 11 is 0. The number of nitrogens with zero attached hydrogens (tertiary/aromatic N) is 4. The molecule has 1 atom stereocenters. The Labute approximate surface area is 147 Å². The number of nitrogens with one attached hydrogen (secondary N) is 1. The van der Waals surface area contributed by atoms with Gasteiger partial charge in [0.05, 0.1) is 6.54 Å². The number of hydrogen-bond donors (Lipinski definition) is 1. The van der Waals surface area contributed by atoms with Crippen molar-refractivity contribution in [1.82, 2.24) is 25.0 Å². The van der Waals surface area contributed by atoms with E-state index in [0.717, 1.165) is 36.6 Å². The molecule has 0 radical (unpaired) electrons. The van der Waals surface area contributed by atoms with Crippen LogP contribution in [0.2, 0.25) is 0 Å². The van der Waals surface area contributed by atoms with Gasteiger partial charge in [0.25, 0.3) is 0 Å². The lowest BCUT2D eigenvalue weighted by Gasteiger charge is -2.32. The fraction of sp³-hybridized carbons (Fsp3) is 0.500. The number of amides is 1. The van der Waals surface area contributed by atoms with Crippen molar-refractivity contribution in [3.8, 4) is 0 Å². The highest BCUT2D eigenvalue weighted by atomic mass is 19.1. The van der Waals surface area contributed by atoms with E-state index in [1.54, 1.807) is 12.1 Å². The summed E-state index contributed by atoms with van der Waals surface area (Å²) in [6, 6.07) is 6.38. The van der Waals surface area contributed by atoms with Crippen molar-refractivity contribution in [1.29, 1.82) is 0 Å². The largest absolute Gasteiger partial charge is 0.341 e. The van der Waals surface area contributed by atoms with Gasteiger partial charge in [0, 0.05) is 25.6 Å². The SMILES string of the molecule is Cc1nc(C2CCCN(C(=O)CN(C)Cc3ccc(F)cc3)C2)n[nH]1. The van der Waals surface area contributed by atoms with Crippen molar-refractivity contribution in [3.63, 3.8) is 0 Å². The number of H-pyrrole nitrogens is 1. The zero-order valence-corrected chi connectivity index (χ0v) is 14.7. The summed E-state index contributed by atoms with van der Waals surface area (Å²) in [5.74, 6) is 1.67. The van der Waals surface area contributed by atoms with Gasteiger partial charge in [-0.1, -0.05) is 12.1 Å². The number of aryl methyl sites for hydroxylation is 1. The number of carbonyl (C=O) groups is 1. The van der Waals surface area contributed by atoms with Gasteiger partial charge in [0.15, 0.2) is 5.82 Å². The van der Waals surface area contributed by atoms with Gasteiger partial charge in [-0.15, -0.1) is 0 Å². The van der Waals surface area contributed by atoms with Crippen LogP contribution in [-0.4, -0.2) is 57.6 Å². The molecule has 1 fully saturated rings. The Morgan fingerprint density at radius 2 is 2.16 bits per heavy atom. The molecule has 1 N–H and O–H groups in total. The van der Waals surface area contributed by atoms with E-state index in [-0.39, 0.29) is 17.6 Å². The molecule has 6 nitrogen and oxygen atoms in total. The summed E-state index contributed by atoms with van der Waals surface area (Å²) in [5, 5.41) is 7.12. The molecule has 2 heterocycles. The molecule has 0 spiro atoms. The lowest BCUT2D eigenvalue weighted by Crippen LogP contribution is -2.43. The second-order valence-electron chi connectivity index (χ2n) is 6.76. The number of benzene rings is 1. The Morgan fingerprint density at radius 3 is 2.84 bits per heavy atom. The van der Waals surface area contributed by atoms with Gasteiger partial charge >= 0.3 is 0 Å². The van der Waals surface area contributed by atoms with Gasteiger partial charge in [-0.05, 0) is 44.5 Å². The van der Waals surface area contributed by atoms with E-state index in [1.807, 2.05) is 23.8 Å². The Kier molecular flexibility index (Phi) is 5.43. The van der Waals surface area contributed by atoms with Gasteiger partial charge in [0.1, 0.15) is 11.6 Å². The lowest BCUT2D eigenvalue weighted by molar-refractivity contribution is -0.133. The number of aromatic nitrogens is 3. The number of halogens is 1. The molecule has 2 aromatic rings. The van der Waals surface area contributed by atoms with Crippen LogP contribution in [0.25, 0.3) is 0 Å². The molecular weight excluding hydrogens is 321 g/mol. The minimum atomic E-state index is -0.246. The molecule has 0 aliphatic carbocycles. The van der Waals surface area contributed by atoms with Crippen LogP contribution in [0.4, 0.5) is 4.39 Å². The second-order valence-corrected chi connectivity index (χ2v) is 6.76. The van der Waals surface area contributed by atoms with E-state index in [4.69, 9.17) is 0 Å². The summed E-state index contributed by atoms with van der Waals surface area (Å²) in [6.07, 6.45) is 1.97. The predicted octanol–water partition coefficient (Wildman–Crippen LogP) is 2.09. The zero-order valence-electron chi connectivity index (χ0n) is 14.7. The number of hydrogen-bond acceptors (Lipinski definition) is 4. The van der Waals surface area contributed by atoms with E-state index in [1.165, 1.54) is 12.1 Å². The molecule has 25 heavy (non-hydrogen) atoms. The minimum absolute atomic E-state index is 0.113. The summed E-state index contributed by atoms with van der Waals surface area (Å²) in [7, 11) is 1.90. The highest BCUT2D eigenvalue weighted by Gasteiger charge is 2.27. The molecular formula is C18H24FN5O. The fourth-order valence-electron chi connectivity index (χ4n) is 3.25. The third-order valence-corrected chi connectivity index (χ3v) is 4.52. The number of carbonyl (C=O) groups excluding carboxylic acids is 1. The van der Waals surface area contributed by atoms with Crippen LogP contribution in [0.15, 0.2) is 24.3 Å². The van der Waals surface area contributed by atoms with Crippen molar-refractivity contribution < 1.29 is 9.18 Å². The van der Waals surface area contributed by atoms with Gasteiger partial charge in [0.2, 0.25) is 5.91 Å². The standard InChI is InChI=1S/C18H24FN5O/c1-13-20-18(22-21-13)15-4-3-9-24(11-15)17(25)12-23(2)10-14-5-7-16(19)8-6-14/h5-8,15H,3-4,9-12H2,1-2H3,(H,20,21,22). The highest BCUT2D eigenvalue weighted by Crippen LogP contribution is 2.24. The Balaban J connectivity index is 1.54. The molecule has 1 unspecified atom stereocenters. The van der Waals surface area contributed by atoms with E-state index >= 15 is 0 Å². The molecule has 7 heteroatoms. The van der Waals surface area contributed by atoms with Crippen LogP contribution in [0, 0.1) is 12.7 Å². The van der Waals surface area contributed by atoms with Gasteiger partial charge in [-0.3, -0.25) is 14.8 Å². The number of likely N-dealkylation sites (N-methyl/N-ethyl adjacent to an activating group) is 1. The molecule has 1 amide bonds. The summed E-state index contributed by atoms with van der Waals surface area (Å²) in [6.45, 7) is 4.29. The molecule has 0 saturated carbocycles. The average Bonchev–Trinajstić information content (AvgIpc) is 3.03. The van der Waals surface area contributed by atoms with E-state index in [2.05, 4.69) is 15.2 Å². The average molecular weight is 345 g/mol. The molecule has 1 aromatic heterocycles. The van der Waals surface area contributed by atoms with Crippen molar-refractivity contribution in [2.75, 3.05) is 26.7 Å². The molecule has 3 rings (SSSR count). The molecule has 1 aliphatic heterocycles. The first-order valence-corrected chi connectivity index (χ1v) is 8.61. The highest BCUT2D eigenvalue weighted by molar-refractivity contribution is 5.78. The van der Waals surface area contributed by atoms with Gasteiger partial charge in [-0.2, -0.15) is 5.10 Å². The molecule has 134 valence electrons. The first-order chi connectivity index (χ1) is 12.0. The first-order valence-electron chi connectivity index (χ1n) is 8.61. The normalized spacial score (nSPS) is 17.9. The molecule has 0 bridgehead atoms. The molecule has 1 saturated heterocycles. The van der Waals surface area contributed by atoms with E-state index in [9.17, 15) is 9.18 Å². The maximum Gasteiger partial charge on any atom is 0.236 e. The number of aromatic amines is 1. The topological polar surface area (TPSA) is 65.1 Å². The van der Waals surface area contributed by atoms with Gasteiger partial charge in [-0.25, -0.2) is 9.37 Å². The van der Waals surface area contributed by atoms with Crippen molar-refractivity contribution in [3.05, 3.63) is 47.3 Å². The van der Waals surface area contributed by atoms with Crippen molar-refractivity contribution in [2.24, 2.45) is 0 Å². The Bertz CT molecular complexity index is 715.